The largest absolute Gasteiger partial charge is 0.207 e. The van der Waals surface area contributed by atoms with Gasteiger partial charge in [-0.15, -0.1) is 0 Å². The zero-order chi connectivity index (χ0) is 9.47. The molecule has 0 aromatic heterocycles. The van der Waals surface area contributed by atoms with E-state index in [-0.39, 0.29) is 11.2 Å². The van der Waals surface area contributed by atoms with Crippen molar-refractivity contribution in [2.24, 2.45) is 0 Å². The average molecular weight is 175 g/mol. The van der Waals surface area contributed by atoms with Crippen molar-refractivity contribution in [3.63, 3.8) is 0 Å². The fourth-order valence-corrected chi connectivity index (χ4v) is 1.53. The van der Waals surface area contributed by atoms with E-state index in [4.69, 9.17) is 5.26 Å². The molecule has 1 fully saturated rings. The molecule has 0 amide bonds. The lowest BCUT2D eigenvalue weighted by atomic mass is 9.96. The molecule has 1 aromatic carbocycles. The molecule has 1 aliphatic carbocycles. The number of rotatable bonds is 1. The van der Waals surface area contributed by atoms with Crippen molar-refractivity contribution in [3.05, 3.63) is 35.1 Å². The Hall–Kier alpha value is -1.36. The van der Waals surface area contributed by atoms with Crippen LogP contribution < -0.4 is 0 Å². The van der Waals surface area contributed by atoms with Crippen LogP contribution in [0.3, 0.4) is 0 Å². The number of nitriles is 1. The van der Waals surface area contributed by atoms with Crippen LogP contribution in [0, 0.1) is 24.1 Å². The van der Waals surface area contributed by atoms with Crippen molar-refractivity contribution >= 4 is 0 Å². The van der Waals surface area contributed by atoms with E-state index in [2.05, 4.69) is 6.07 Å². The molecule has 2 heteroatoms. The van der Waals surface area contributed by atoms with E-state index in [1.54, 1.807) is 19.1 Å². The third kappa shape index (κ3) is 1.21. The number of hydrogen-bond donors (Lipinski definition) is 0. The van der Waals surface area contributed by atoms with Crippen molar-refractivity contribution in [2.45, 2.75) is 25.2 Å². The molecule has 1 saturated carbocycles. The summed E-state index contributed by atoms with van der Waals surface area (Å²) in [5, 5.41) is 8.93. The van der Waals surface area contributed by atoms with Gasteiger partial charge in [0.15, 0.2) is 0 Å². The molecule has 0 saturated heterocycles. The molecule has 66 valence electrons. The summed E-state index contributed by atoms with van der Waals surface area (Å²) >= 11 is 0. The molecule has 0 atom stereocenters. The first kappa shape index (κ1) is 8.25. The van der Waals surface area contributed by atoms with Crippen LogP contribution >= 0.6 is 0 Å². The van der Waals surface area contributed by atoms with Gasteiger partial charge in [0, 0.05) is 0 Å². The predicted molar refractivity (Wildman–Crippen MR) is 47.7 cm³/mol. The van der Waals surface area contributed by atoms with Gasteiger partial charge in [-0.2, -0.15) is 5.26 Å². The second-order valence-corrected chi connectivity index (χ2v) is 3.66. The first-order valence-corrected chi connectivity index (χ1v) is 4.36. The van der Waals surface area contributed by atoms with Gasteiger partial charge < -0.3 is 0 Å². The second kappa shape index (κ2) is 2.56. The Morgan fingerprint density at radius 2 is 2.15 bits per heavy atom. The molecule has 0 spiro atoms. The quantitative estimate of drug-likeness (QED) is 0.643. The summed E-state index contributed by atoms with van der Waals surface area (Å²) in [6.45, 7) is 1.73. The predicted octanol–water partition coefficient (Wildman–Crippen LogP) is 2.69. The van der Waals surface area contributed by atoms with E-state index in [0.717, 1.165) is 18.4 Å². The highest BCUT2D eigenvalue weighted by molar-refractivity contribution is 5.40. The lowest BCUT2D eigenvalue weighted by Crippen LogP contribution is -2.03. The molecule has 0 aliphatic heterocycles. The SMILES string of the molecule is Cc1cc(C2(C#N)CC2)ccc1F. The van der Waals surface area contributed by atoms with Crippen LogP contribution in [0.4, 0.5) is 4.39 Å². The molecule has 0 radical (unpaired) electrons. The molecule has 1 aliphatic rings. The Balaban J connectivity index is 2.44. The maximum absolute atomic E-state index is 12.9. The van der Waals surface area contributed by atoms with Gasteiger partial charge in [-0.3, -0.25) is 0 Å². The minimum atomic E-state index is -0.293. The van der Waals surface area contributed by atoms with Crippen LogP contribution in [-0.4, -0.2) is 0 Å². The minimum Gasteiger partial charge on any atom is -0.207 e. The van der Waals surface area contributed by atoms with E-state index in [9.17, 15) is 4.39 Å². The van der Waals surface area contributed by atoms with E-state index >= 15 is 0 Å². The maximum atomic E-state index is 12.9. The van der Waals surface area contributed by atoms with Gasteiger partial charge in [0.05, 0.1) is 11.5 Å². The molecule has 0 bridgehead atoms. The van der Waals surface area contributed by atoms with Gasteiger partial charge in [-0.05, 0) is 37.0 Å². The van der Waals surface area contributed by atoms with Crippen LogP contribution in [-0.2, 0) is 5.41 Å². The summed E-state index contributed by atoms with van der Waals surface area (Å²) in [5.41, 5.74) is 1.30. The van der Waals surface area contributed by atoms with Crippen LogP contribution in [0.1, 0.15) is 24.0 Å². The number of nitrogens with zero attached hydrogens (tertiary/aromatic N) is 1. The van der Waals surface area contributed by atoms with Crippen LogP contribution in [0.5, 0.6) is 0 Å². The van der Waals surface area contributed by atoms with Crippen molar-refractivity contribution in [2.75, 3.05) is 0 Å². The molecule has 0 unspecified atom stereocenters. The summed E-state index contributed by atoms with van der Waals surface area (Å²) < 4.78 is 12.9. The first-order valence-electron chi connectivity index (χ1n) is 4.36. The van der Waals surface area contributed by atoms with E-state index in [1.807, 2.05) is 0 Å². The van der Waals surface area contributed by atoms with Gasteiger partial charge in [0.25, 0.3) is 0 Å². The summed E-state index contributed by atoms with van der Waals surface area (Å²) in [7, 11) is 0. The highest BCUT2D eigenvalue weighted by Gasteiger charge is 2.44. The Morgan fingerprint density at radius 3 is 2.62 bits per heavy atom. The van der Waals surface area contributed by atoms with Gasteiger partial charge in [0.2, 0.25) is 0 Å². The lowest BCUT2D eigenvalue weighted by molar-refractivity contribution is 0.617. The Kier molecular flexibility index (Phi) is 1.63. The van der Waals surface area contributed by atoms with Crippen LogP contribution in [0.2, 0.25) is 0 Å². The Labute approximate surface area is 76.8 Å². The molecular formula is C11H10FN. The Bertz CT molecular complexity index is 386. The lowest BCUT2D eigenvalue weighted by Gasteiger charge is -2.06. The van der Waals surface area contributed by atoms with Gasteiger partial charge in [-0.1, -0.05) is 12.1 Å². The minimum absolute atomic E-state index is 0.197. The standard InChI is InChI=1S/C11H10FN/c1-8-6-9(2-3-10(8)12)11(7-13)4-5-11/h2-3,6H,4-5H2,1H3. The molecule has 13 heavy (non-hydrogen) atoms. The number of aryl methyl sites for hydroxylation is 1. The van der Waals surface area contributed by atoms with E-state index < -0.39 is 0 Å². The van der Waals surface area contributed by atoms with Gasteiger partial charge in [-0.25, -0.2) is 4.39 Å². The third-order valence-electron chi connectivity index (χ3n) is 2.67. The molecular weight excluding hydrogens is 165 g/mol. The zero-order valence-corrected chi connectivity index (χ0v) is 7.47. The molecule has 1 aromatic rings. The van der Waals surface area contributed by atoms with Crippen molar-refractivity contribution in [3.8, 4) is 6.07 Å². The second-order valence-electron chi connectivity index (χ2n) is 3.66. The maximum Gasteiger partial charge on any atom is 0.126 e. The number of hydrogen-bond acceptors (Lipinski definition) is 1. The topological polar surface area (TPSA) is 23.8 Å². The summed E-state index contributed by atoms with van der Waals surface area (Å²) in [6.07, 6.45) is 1.82. The molecule has 0 heterocycles. The zero-order valence-electron chi connectivity index (χ0n) is 7.47. The average Bonchev–Trinajstić information content (AvgIpc) is 2.90. The van der Waals surface area contributed by atoms with Crippen molar-refractivity contribution in [1.82, 2.24) is 0 Å². The smallest absolute Gasteiger partial charge is 0.126 e. The molecule has 0 N–H and O–H groups in total. The first-order chi connectivity index (χ1) is 6.18. The van der Waals surface area contributed by atoms with Crippen molar-refractivity contribution in [1.29, 1.82) is 5.26 Å². The highest BCUT2D eigenvalue weighted by atomic mass is 19.1. The molecule has 2 rings (SSSR count). The summed E-state index contributed by atoms with van der Waals surface area (Å²) in [5.74, 6) is -0.197. The summed E-state index contributed by atoms with van der Waals surface area (Å²) in [6, 6.07) is 7.24. The van der Waals surface area contributed by atoms with E-state index in [0.29, 0.717) is 5.56 Å². The monoisotopic (exact) mass is 175 g/mol. The fourth-order valence-electron chi connectivity index (χ4n) is 1.53. The number of benzene rings is 1. The summed E-state index contributed by atoms with van der Waals surface area (Å²) in [4.78, 5) is 0. The van der Waals surface area contributed by atoms with Crippen LogP contribution in [0.15, 0.2) is 18.2 Å². The van der Waals surface area contributed by atoms with Crippen LogP contribution in [0.25, 0.3) is 0 Å². The highest BCUT2D eigenvalue weighted by Crippen LogP contribution is 2.47. The van der Waals surface area contributed by atoms with E-state index in [1.165, 1.54) is 6.07 Å². The van der Waals surface area contributed by atoms with Gasteiger partial charge >= 0.3 is 0 Å². The Morgan fingerprint density at radius 1 is 1.46 bits per heavy atom. The number of halogens is 1. The fraction of sp³-hybridized carbons (Fsp3) is 0.364. The normalized spacial score (nSPS) is 17.9. The van der Waals surface area contributed by atoms with Crippen molar-refractivity contribution < 1.29 is 4.39 Å². The van der Waals surface area contributed by atoms with Gasteiger partial charge in [0.1, 0.15) is 5.82 Å². The third-order valence-corrected chi connectivity index (χ3v) is 2.67. The molecule has 1 nitrogen and oxygen atoms in total.